The van der Waals surface area contributed by atoms with Gasteiger partial charge in [0.05, 0.1) is 0 Å². The molecule has 1 aliphatic rings. The van der Waals surface area contributed by atoms with Crippen LogP contribution >= 0.6 is 0 Å². The summed E-state index contributed by atoms with van der Waals surface area (Å²) in [6.07, 6.45) is 2.62. The second kappa shape index (κ2) is 3.85. The molecule has 0 unspecified atom stereocenters. The molecule has 1 nitrogen and oxygen atoms in total. The molecule has 1 atom stereocenters. The Morgan fingerprint density at radius 1 is 1.20 bits per heavy atom. The van der Waals surface area contributed by atoms with Gasteiger partial charge in [-0.25, -0.2) is 13.2 Å². The van der Waals surface area contributed by atoms with E-state index in [1.807, 2.05) is 0 Å². The van der Waals surface area contributed by atoms with Gasteiger partial charge in [-0.15, -0.1) is 0 Å². The van der Waals surface area contributed by atoms with E-state index >= 15 is 0 Å². The van der Waals surface area contributed by atoms with Crippen molar-refractivity contribution in [2.75, 3.05) is 0 Å². The van der Waals surface area contributed by atoms with Crippen LogP contribution in [-0.2, 0) is 0 Å². The highest BCUT2D eigenvalue weighted by Gasteiger charge is 2.28. The Labute approximate surface area is 86.1 Å². The lowest BCUT2D eigenvalue weighted by Crippen LogP contribution is -2.15. The third kappa shape index (κ3) is 2.15. The average Bonchev–Trinajstić information content (AvgIpc) is 2.96. The topological polar surface area (TPSA) is 26.0 Å². The fraction of sp³-hybridized carbons (Fsp3) is 0.455. The lowest BCUT2D eigenvalue weighted by Gasteiger charge is -2.13. The van der Waals surface area contributed by atoms with Gasteiger partial charge in [0.25, 0.3) is 0 Å². The summed E-state index contributed by atoms with van der Waals surface area (Å²) in [5.74, 6) is -2.51. The molecule has 1 saturated carbocycles. The molecule has 82 valence electrons. The number of nitrogens with two attached hydrogens (primary N) is 1. The summed E-state index contributed by atoms with van der Waals surface area (Å²) >= 11 is 0. The molecule has 0 heterocycles. The van der Waals surface area contributed by atoms with Crippen LogP contribution in [-0.4, -0.2) is 0 Å². The van der Waals surface area contributed by atoms with Crippen LogP contribution in [0.15, 0.2) is 12.1 Å². The molecule has 1 aliphatic carbocycles. The number of rotatable bonds is 3. The van der Waals surface area contributed by atoms with Gasteiger partial charge in [-0.2, -0.15) is 0 Å². The van der Waals surface area contributed by atoms with Crippen molar-refractivity contribution in [3.8, 4) is 0 Å². The van der Waals surface area contributed by atoms with Crippen molar-refractivity contribution >= 4 is 0 Å². The highest BCUT2D eigenvalue weighted by atomic mass is 19.2. The normalized spacial score (nSPS) is 17.9. The third-order valence-corrected chi connectivity index (χ3v) is 2.73. The molecule has 0 aliphatic heterocycles. The van der Waals surface area contributed by atoms with Crippen LogP contribution in [0.25, 0.3) is 0 Å². The molecule has 1 aromatic rings. The number of hydrogen-bond acceptors (Lipinski definition) is 1. The molecular weight excluding hydrogens is 203 g/mol. The average molecular weight is 215 g/mol. The Balaban J connectivity index is 2.27. The van der Waals surface area contributed by atoms with Crippen molar-refractivity contribution in [2.24, 2.45) is 11.7 Å². The standard InChI is InChI=1S/C11H12F3N/c12-7-3-4-8(13)11(14)10(7)9(15)5-6-1-2-6/h3-4,6,9H,1-2,5,15H2/t9-/m1/s1. The van der Waals surface area contributed by atoms with E-state index in [0.29, 0.717) is 12.3 Å². The maximum Gasteiger partial charge on any atom is 0.166 e. The molecule has 4 heteroatoms. The predicted octanol–water partition coefficient (Wildman–Crippen LogP) is 2.90. The van der Waals surface area contributed by atoms with E-state index in [0.717, 1.165) is 25.0 Å². The Hall–Kier alpha value is -1.03. The van der Waals surface area contributed by atoms with E-state index in [-0.39, 0.29) is 5.56 Å². The van der Waals surface area contributed by atoms with Crippen LogP contribution in [0.1, 0.15) is 30.9 Å². The van der Waals surface area contributed by atoms with E-state index in [1.54, 1.807) is 0 Å². The van der Waals surface area contributed by atoms with Crippen molar-refractivity contribution in [3.05, 3.63) is 35.1 Å². The first-order valence-corrected chi connectivity index (χ1v) is 4.98. The molecule has 15 heavy (non-hydrogen) atoms. The monoisotopic (exact) mass is 215 g/mol. The first-order valence-electron chi connectivity index (χ1n) is 4.98. The van der Waals surface area contributed by atoms with Crippen LogP contribution in [0.4, 0.5) is 13.2 Å². The predicted molar refractivity (Wildman–Crippen MR) is 50.6 cm³/mol. The Bertz CT molecular complexity index is 374. The van der Waals surface area contributed by atoms with Gasteiger partial charge in [0, 0.05) is 11.6 Å². The molecule has 2 N–H and O–H groups in total. The second-order valence-electron chi connectivity index (χ2n) is 4.04. The molecular formula is C11H12F3N. The molecule has 0 bridgehead atoms. The van der Waals surface area contributed by atoms with Crippen LogP contribution in [0.5, 0.6) is 0 Å². The quantitative estimate of drug-likeness (QED) is 0.771. The van der Waals surface area contributed by atoms with Crippen molar-refractivity contribution in [3.63, 3.8) is 0 Å². The largest absolute Gasteiger partial charge is 0.324 e. The lowest BCUT2D eigenvalue weighted by atomic mass is 10.0. The molecule has 0 aromatic heterocycles. The van der Waals surface area contributed by atoms with Gasteiger partial charge < -0.3 is 5.73 Å². The van der Waals surface area contributed by atoms with Gasteiger partial charge in [0.15, 0.2) is 11.6 Å². The van der Waals surface area contributed by atoms with E-state index in [4.69, 9.17) is 5.73 Å². The van der Waals surface area contributed by atoms with Crippen LogP contribution in [0, 0.1) is 23.4 Å². The lowest BCUT2D eigenvalue weighted by molar-refractivity contribution is 0.452. The van der Waals surface area contributed by atoms with Crippen molar-refractivity contribution in [1.82, 2.24) is 0 Å². The zero-order chi connectivity index (χ0) is 11.0. The second-order valence-corrected chi connectivity index (χ2v) is 4.04. The van der Waals surface area contributed by atoms with Gasteiger partial charge in [-0.1, -0.05) is 12.8 Å². The summed E-state index contributed by atoms with van der Waals surface area (Å²) < 4.78 is 39.4. The minimum atomic E-state index is -1.15. The Morgan fingerprint density at radius 2 is 1.80 bits per heavy atom. The summed E-state index contributed by atoms with van der Waals surface area (Å²) in [5.41, 5.74) is 5.34. The zero-order valence-electron chi connectivity index (χ0n) is 8.14. The van der Waals surface area contributed by atoms with E-state index < -0.39 is 23.5 Å². The number of halogens is 3. The Morgan fingerprint density at radius 3 is 2.40 bits per heavy atom. The highest BCUT2D eigenvalue weighted by Crippen LogP contribution is 2.37. The molecule has 0 amide bonds. The SMILES string of the molecule is N[C@H](CC1CC1)c1c(F)ccc(F)c1F. The maximum absolute atomic E-state index is 13.3. The molecule has 1 fully saturated rings. The zero-order valence-corrected chi connectivity index (χ0v) is 8.14. The summed E-state index contributed by atoms with van der Waals surface area (Å²) in [5, 5.41) is 0. The van der Waals surface area contributed by atoms with Crippen LogP contribution < -0.4 is 5.73 Å². The first-order chi connectivity index (χ1) is 7.09. The van der Waals surface area contributed by atoms with E-state index in [2.05, 4.69) is 0 Å². The maximum atomic E-state index is 13.3. The smallest absolute Gasteiger partial charge is 0.166 e. The summed E-state index contributed by atoms with van der Waals surface area (Å²) in [7, 11) is 0. The van der Waals surface area contributed by atoms with Crippen molar-refractivity contribution in [1.29, 1.82) is 0 Å². The van der Waals surface area contributed by atoms with Gasteiger partial charge in [0.2, 0.25) is 0 Å². The summed E-state index contributed by atoms with van der Waals surface area (Å²) in [4.78, 5) is 0. The number of benzene rings is 1. The minimum absolute atomic E-state index is 0.318. The van der Waals surface area contributed by atoms with Gasteiger partial charge >= 0.3 is 0 Å². The van der Waals surface area contributed by atoms with Gasteiger partial charge in [-0.05, 0) is 24.5 Å². The summed E-state index contributed by atoms with van der Waals surface area (Å²) in [6, 6.07) is 0.951. The minimum Gasteiger partial charge on any atom is -0.324 e. The van der Waals surface area contributed by atoms with Gasteiger partial charge in [0.1, 0.15) is 5.82 Å². The molecule has 1 aromatic carbocycles. The first kappa shape index (κ1) is 10.5. The van der Waals surface area contributed by atoms with Crippen LogP contribution in [0.2, 0.25) is 0 Å². The molecule has 0 saturated heterocycles. The van der Waals surface area contributed by atoms with E-state index in [1.165, 1.54) is 0 Å². The van der Waals surface area contributed by atoms with Crippen LogP contribution in [0.3, 0.4) is 0 Å². The third-order valence-electron chi connectivity index (χ3n) is 2.73. The van der Waals surface area contributed by atoms with Crippen molar-refractivity contribution < 1.29 is 13.2 Å². The highest BCUT2D eigenvalue weighted by molar-refractivity contribution is 5.24. The van der Waals surface area contributed by atoms with Gasteiger partial charge in [-0.3, -0.25) is 0 Å². The van der Waals surface area contributed by atoms with Crippen molar-refractivity contribution in [2.45, 2.75) is 25.3 Å². The Kier molecular flexibility index (Phi) is 2.69. The summed E-state index contributed by atoms with van der Waals surface area (Å²) in [6.45, 7) is 0. The van der Waals surface area contributed by atoms with E-state index in [9.17, 15) is 13.2 Å². The molecule has 0 radical (unpaired) electrons. The molecule has 0 spiro atoms. The fourth-order valence-electron chi connectivity index (χ4n) is 1.71. The fourth-order valence-corrected chi connectivity index (χ4v) is 1.71. The number of hydrogen-bond donors (Lipinski definition) is 1. The molecule has 2 rings (SSSR count).